The van der Waals surface area contributed by atoms with Crippen molar-refractivity contribution in [1.82, 2.24) is 24.8 Å². The van der Waals surface area contributed by atoms with Gasteiger partial charge in [-0.25, -0.2) is 19.3 Å². The Balaban J connectivity index is 1.30. The van der Waals surface area contributed by atoms with E-state index in [-0.39, 0.29) is 12.4 Å². The number of thiazole rings is 1. The van der Waals surface area contributed by atoms with E-state index in [1.807, 2.05) is 6.07 Å². The number of likely N-dealkylation sites (tertiary alicyclic amines) is 1. The summed E-state index contributed by atoms with van der Waals surface area (Å²) in [6, 6.07) is 4.76. The second-order valence-electron chi connectivity index (χ2n) is 10.9. The molecule has 0 aliphatic carbocycles. The van der Waals surface area contributed by atoms with Gasteiger partial charge in [-0.3, -0.25) is 9.80 Å². The lowest BCUT2D eigenvalue weighted by molar-refractivity contribution is -0.137. The van der Waals surface area contributed by atoms with E-state index >= 15 is 0 Å². The summed E-state index contributed by atoms with van der Waals surface area (Å²) >= 11 is 1.34. The molecule has 2 aromatic heterocycles. The molecule has 1 aromatic carbocycles. The number of alkyl halides is 3. The van der Waals surface area contributed by atoms with Gasteiger partial charge in [0.1, 0.15) is 30.6 Å². The van der Waals surface area contributed by atoms with Gasteiger partial charge in [0, 0.05) is 61.9 Å². The highest BCUT2D eigenvalue weighted by atomic mass is 32.1. The number of anilines is 3. The van der Waals surface area contributed by atoms with Crippen LogP contribution >= 0.6 is 11.3 Å². The van der Waals surface area contributed by atoms with E-state index < -0.39 is 17.6 Å². The van der Waals surface area contributed by atoms with Crippen molar-refractivity contribution >= 4 is 28.1 Å². The summed E-state index contributed by atoms with van der Waals surface area (Å²) in [6.07, 6.45) is 0.820. The molecule has 2 N–H and O–H groups in total. The van der Waals surface area contributed by atoms with Gasteiger partial charge in [0.25, 0.3) is 0 Å². The largest absolute Gasteiger partial charge is 0.416 e. The van der Waals surface area contributed by atoms with Crippen molar-refractivity contribution in [3.8, 4) is 11.3 Å². The summed E-state index contributed by atoms with van der Waals surface area (Å²) in [4.78, 5) is 21.1. The maximum absolute atomic E-state index is 14.4. The molecule has 2 fully saturated rings. The number of aromatic nitrogens is 3. The van der Waals surface area contributed by atoms with E-state index in [2.05, 4.69) is 41.9 Å². The summed E-state index contributed by atoms with van der Waals surface area (Å²) in [5, 5.41) is 12.4. The van der Waals surface area contributed by atoms with Gasteiger partial charge in [-0.05, 0) is 63.9 Å². The molecule has 2 saturated heterocycles. The first-order valence-corrected chi connectivity index (χ1v) is 15.4. The summed E-state index contributed by atoms with van der Waals surface area (Å²) in [5.74, 6) is 0.341. The Morgan fingerprint density at radius 1 is 1.07 bits per heavy atom. The maximum atomic E-state index is 14.4. The molecule has 2 aliphatic rings. The number of aliphatic hydroxyl groups is 1. The lowest BCUT2D eigenvalue weighted by Gasteiger charge is -2.35. The molecule has 234 valence electrons. The topological polar surface area (TPSA) is 89.9 Å². The first-order chi connectivity index (χ1) is 20.7. The van der Waals surface area contributed by atoms with Crippen molar-refractivity contribution in [2.24, 2.45) is 0 Å². The number of ether oxygens (including phenoxy) is 1. The van der Waals surface area contributed by atoms with Gasteiger partial charge in [-0.1, -0.05) is 11.3 Å². The minimum absolute atomic E-state index is 0.0978. The van der Waals surface area contributed by atoms with Crippen molar-refractivity contribution in [3.05, 3.63) is 46.9 Å². The normalized spacial score (nSPS) is 18.5. The highest BCUT2D eigenvalue weighted by Crippen LogP contribution is 2.38. The smallest absolute Gasteiger partial charge is 0.371 e. The monoisotopic (exact) mass is 623 g/mol. The number of benzene rings is 1. The number of hydrogen-bond acceptors (Lipinski definition) is 10. The minimum Gasteiger partial charge on any atom is -0.371 e. The van der Waals surface area contributed by atoms with Crippen molar-refractivity contribution < 1.29 is 27.4 Å². The summed E-state index contributed by atoms with van der Waals surface area (Å²) < 4.78 is 59.9. The second kappa shape index (κ2) is 14.2. The molecule has 9 nitrogen and oxygen atoms in total. The number of piperazine rings is 1. The summed E-state index contributed by atoms with van der Waals surface area (Å²) in [7, 11) is 0. The fourth-order valence-corrected chi connectivity index (χ4v) is 6.56. The van der Waals surface area contributed by atoms with Gasteiger partial charge < -0.3 is 20.1 Å². The summed E-state index contributed by atoms with van der Waals surface area (Å²) in [6.45, 7) is 8.24. The van der Waals surface area contributed by atoms with Crippen LogP contribution < -0.4 is 10.2 Å². The standard InChI is InChI=1S/C29H37F4N7O2S/c1-20-5-4-7-40(20)17-24-27(21-13-22(29(31,32)33)15-23(30)14-21)37-28(43-24)36-25-16-26(35-18-34-25)39-10-8-38(9-11-39)6-2-3-12-42-19-41/h13-16,18,20,41H,2-12,17,19H2,1H3,(H,34,35,36,37)/t20-/m1/s1. The molecule has 2 aliphatic heterocycles. The molecule has 14 heteroatoms. The molecule has 1 atom stereocenters. The SMILES string of the molecule is C[C@@H]1CCCN1Cc1sc(Nc2cc(N3CCN(CCCCOCO)CC3)ncn2)nc1-c1cc(F)cc(C(F)(F)F)c1. The number of halogens is 4. The minimum atomic E-state index is -4.67. The molecule has 0 saturated carbocycles. The first-order valence-electron chi connectivity index (χ1n) is 14.6. The van der Waals surface area contributed by atoms with Crippen LogP contribution in [0.25, 0.3) is 11.3 Å². The predicted molar refractivity (Wildman–Crippen MR) is 158 cm³/mol. The summed E-state index contributed by atoms with van der Waals surface area (Å²) in [5.41, 5.74) is -0.604. The number of unbranched alkanes of at least 4 members (excludes halogenated alkanes) is 1. The zero-order chi connectivity index (χ0) is 30.4. The van der Waals surface area contributed by atoms with Crippen LogP contribution in [0.1, 0.15) is 43.0 Å². The molecular weight excluding hydrogens is 586 g/mol. The molecule has 0 spiro atoms. The van der Waals surface area contributed by atoms with Crippen LogP contribution in [0.15, 0.2) is 30.6 Å². The van der Waals surface area contributed by atoms with Crippen LogP contribution in [0.2, 0.25) is 0 Å². The van der Waals surface area contributed by atoms with Crippen molar-refractivity contribution in [3.63, 3.8) is 0 Å². The molecule has 0 amide bonds. The highest BCUT2D eigenvalue weighted by molar-refractivity contribution is 7.16. The number of nitrogens with one attached hydrogen (secondary N) is 1. The molecule has 5 rings (SSSR count). The Hall–Kier alpha value is -2.91. The van der Waals surface area contributed by atoms with Crippen molar-refractivity contribution in [2.45, 2.75) is 51.4 Å². The van der Waals surface area contributed by atoms with Crippen LogP contribution in [0.4, 0.5) is 34.3 Å². The van der Waals surface area contributed by atoms with E-state index in [4.69, 9.17) is 9.84 Å². The van der Waals surface area contributed by atoms with E-state index in [0.717, 1.165) is 87.8 Å². The molecule has 0 bridgehead atoms. The van der Waals surface area contributed by atoms with Crippen LogP contribution in [-0.2, 0) is 17.5 Å². The van der Waals surface area contributed by atoms with E-state index in [1.165, 1.54) is 17.7 Å². The van der Waals surface area contributed by atoms with Gasteiger partial charge in [-0.15, -0.1) is 0 Å². The van der Waals surface area contributed by atoms with Gasteiger partial charge in [0.2, 0.25) is 0 Å². The van der Waals surface area contributed by atoms with Gasteiger partial charge in [-0.2, -0.15) is 13.2 Å². The number of hydrogen-bond donors (Lipinski definition) is 2. The average molecular weight is 624 g/mol. The van der Waals surface area contributed by atoms with Crippen molar-refractivity contribution in [1.29, 1.82) is 0 Å². The molecule has 0 unspecified atom stereocenters. The maximum Gasteiger partial charge on any atom is 0.416 e. The lowest BCUT2D eigenvalue weighted by atomic mass is 10.1. The zero-order valence-electron chi connectivity index (χ0n) is 24.1. The second-order valence-corrected chi connectivity index (χ2v) is 12.0. The Kier molecular flexibility index (Phi) is 10.4. The Morgan fingerprint density at radius 3 is 2.60 bits per heavy atom. The van der Waals surface area contributed by atoms with Crippen LogP contribution in [0.3, 0.4) is 0 Å². The third-order valence-corrected chi connectivity index (χ3v) is 8.88. The van der Waals surface area contributed by atoms with Crippen LogP contribution in [0, 0.1) is 5.82 Å². The molecule has 43 heavy (non-hydrogen) atoms. The molecular formula is C29H37F4N7O2S. The third-order valence-electron chi connectivity index (χ3n) is 7.92. The van der Waals surface area contributed by atoms with Crippen molar-refractivity contribution in [2.75, 3.05) is 62.9 Å². The van der Waals surface area contributed by atoms with Gasteiger partial charge >= 0.3 is 6.18 Å². The molecule has 0 radical (unpaired) electrons. The lowest BCUT2D eigenvalue weighted by Crippen LogP contribution is -2.47. The average Bonchev–Trinajstić information content (AvgIpc) is 3.58. The Labute approximate surface area is 252 Å². The predicted octanol–water partition coefficient (Wildman–Crippen LogP) is 5.35. The zero-order valence-corrected chi connectivity index (χ0v) is 24.9. The molecule has 4 heterocycles. The van der Waals surface area contributed by atoms with Crippen LogP contribution in [-0.4, -0.2) is 88.6 Å². The van der Waals surface area contributed by atoms with E-state index in [9.17, 15) is 17.6 Å². The molecule has 3 aromatic rings. The van der Waals surface area contributed by atoms with Crippen LogP contribution in [0.5, 0.6) is 0 Å². The highest BCUT2D eigenvalue weighted by Gasteiger charge is 2.32. The fourth-order valence-electron chi connectivity index (χ4n) is 5.54. The number of aliphatic hydroxyl groups excluding tert-OH is 1. The van der Waals surface area contributed by atoms with E-state index in [1.54, 1.807) is 0 Å². The Bertz CT molecular complexity index is 1350. The third kappa shape index (κ3) is 8.38. The van der Waals surface area contributed by atoms with Gasteiger partial charge in [0.05, 0.1) is 11.3 Å². The van der Waals surface area contributed by atoms with E-state index in [0.29, 0.717) is 41.9 Å². The number of rotatable bonds is 12. The quantitative estimate of drug-likeness (QED) is 0.157. The van der Waals surface area contributed by atoms with Gasteiger partial charge in [0.15, 0.2) is 5.13 Å². The Morgan fingerprint density at radius 2 is 1.88 bits per heavy atom. The fraction of sp³-hybridized carbons (Fsp3) is 0.552. The number of nitrogens with zero attached hydrogens (tertiary/aromatic N) is 6. The first kappa shape index (κ1) is 31.5.